The summed E-state index contributed by atoms with van der Waals surface area (Å²) in [7, 11) is 1.71. The molecule has 0 saturated carbocycles. The molecule has 0 radical (unpaired) electrons. The van der Waals surface area contributed by atoms with Crippen LogP contribution in [0.1, 0.15) is 33.3 Å². The minimum absolute atomic E-state index is 0.251. The normalized spacial score (nSPS) is 11.5. The number of hydrazone groups is 1. The van der Waals surface area contributed by atoms with E-state index in [1.165, 1.54) is 16.0 Å². The highest BCUT2D eigenvalue weighted by Gasteiger charge is 2.12. The molecule has 4 aromatic rings. The molecular formula is C22H19N5O2S. The highest BCUT2D eigenvalue weighted by Crippen LogP contribution is 2.25. The number of fused-ring (bicyclic) bond motifs is 1. The Bertz CT molecular complexity index is 1270. The summed E-state index contributed by atoms with van der Waals surface area (Å²) in [5.74, 6) is -0.508. The Labute approximate surface area is 177 Å². The van der Waals surface area contributed by atoms with Gasteiger partial charge in [-0.05, 0) is 36.8 Å². The molecule has 2 N–H and O–H groups in total. The van der Waals surface area contributed by atoms with E-state index in [1.807, 2.05) is 41.8 Å². The van der Waals surface area contributed by atoms with Gasteiger partial charge in [0, 0.05) is 34.4 Å². The number of benzene rings is 2. The molecule has 2 heterocycles. The van der Waals surface area contributed by atoms with Crippen LogP contribution >= 0.6 is 11.3 Å². The van der Waals surface area contributed by atoms with Crippen LogP contribution in [0, 0.1) is 0 Å². The molecule has 8 heteroatoms. The lowest BCUT2D eigenvalue weighted by Crippen LogP contribution is -2.19. The van der Waals surface area contributed by atoms with Gasteiger partial charge in [-0.15, -0.1) is 11.3 Å². The van der Waals surface area contributed by atoms with Crippen molar-refractivity contribution in [1.82, 2.24) is 15.2 Å². The third-order valence-electron chi connectivity index (χ3n) is 4.64. The number of hydrogen-bond acceptors (Lipinski definition) is 5. The summed E-state index contributed by atoms with van der Waals surface area (Å²) in [6, 6.07) is 16.7. The molecule has 2 aromatic heterocycles. The predicted molar refractivity (Wildman–Crippen MR) is 119 cm³/mol. The average molecular weight is 417 g/mol. The average Bonchev–Trinajstić information content (AvgIpc) is 3.38. The van der Waals surface area contributed by atoms with E-state index in [0.717, 1.165) is 15.6 Å². The van der Waals surface area contributed by atoms with Crippen LogP contribution in [-0.2, 0) is 7.05 Å². The van der Waals surface area contributed by atoms with Crippen molar-refractivity contribution in [3.63, 3.8) is 0 Å². The molecule has 0 aliphatic carbocycles. The van der Waals surface area contributed by atoms with E-state index < -0.39 is 0 Å². The topological polar surface area (TPSA) is 88.4 Å². The van der Waals surface area contributed by atoms with Crippen LogP contribution in [0.2, 0.25) is 0 Å². The molecule has 4 rings (SSSR count). The SMILES string of the molecule is C/C(=N\NC(=O)c1csc2ccccc12)c1cccc(NC(=O)c2ccnn2C)c1. The van der Waals surface area contributed by atoms with Gasteiger partial charge in [0.15, 0.2) is 0 Å². The molecule has 0 spiro atoms. The zero-order chi connectivity index (χ0) is 21.1. The predicted octanol–water partition coefficient (Wildman–Crippen LogP) is 4.04. The summed E-state index contributed by atoms with van der Waals surface area (Å²) in [4.78, 5) is 24.9. The molecule has 2 amide bonds. The highest BCUT2D eigenvalue weighted by molar-refractivity contribution is 7.17. The van der Waals surface area contributed by atoms with Crippen molar-refractivity contribution >= 4 is 44.6 Å². The highest BCUT2D eigenvalue weighted by atomic mass is 32.1. The number of carbonyl (C=O) groups is 2. The molecule has 0 saturated heterocycles. The third kappa shape index (κ3) is 3.99. The van der Waals surface area contributed by atoms with E-state index in [-0.39, 0.29) is 11.8 Å². The van der Waals surface area contributed by atoms with Crippen molar-refractivity contribution in [3.05, 3.63) is 83.0 Å². The van der Waals surface area contributed by atoms with Gasteiger partial charge >= 0.3 is 0 Å². The van der Waals surface area contributed by atoms with E-state index in [9.17, 15) is 9.59 Å². The molecule has 0 aliphatic rings. The molecule has 0 aliphatic heterocycles. The largest absolute Gasteiger partial charge is 0.321 e. The Morgan fingerprint density at radius 3 is 2.70 bits per heavy atom. The van der Waals surface area contributed by atoms with Gasteiger partial charge < -0.3 is 5.32 Å². The fourth-order valence-corrected chi connectivity index (χ4v) is 3.97. The van der Waals surface area contributed by atoms with Gasteiger partial charge in [0.2, 0.25) is 0 Å². The molecule has 0 unspecified atom stereocenters. The van der Waals surface area contributed by atoms with Crippen molar-refractivity contribution in [2.24, 2.45) is 12.1 Å². The van der Waals surface area contributed by atoms with E-state index >= 15 is 0 Å². The summed E-state index contributed by atoms with van der Waals surface area (Å²) in [6.45, 7) is 1.80. The van der Waals surface area contributed by atoms with Gasteiger partial charge in [-0.25, -0.2) is 5.43 Å². The Kier molecular flexibility index (Phi) is 5.40. The minimum atomic E-state index is -0.257. The van der Waals surface area contributed by atoms with Gasteiger partial charge in [-0.1, -0.05) is 30.3 Å². The summed E-state index contributed by atoms with van der Waals surface area (Å²) in [6.07, 6.45) is 1.57. The number of amides is 2. The lowest BCUT2D eigenvalue weighted by atomic mass is 10.1. The fourth-order valence-electron chi connectivity index (χ4n) is 3.03. The van der Waals surface area contributed by atoms with Crippen LogP contribution in [0.3, 0.4) is 0 Å². The number of anilines is 1. The number of nitrogens with one attached hydrogen (secondary N) is 2. The molecule has 7 nitrogen and oxygen atoms in total. The molecular weight excluding hydrogens is 398 g/mol. The van der Waals surface area contributed by atoms with Crippen LogP contribution in [0.4, 0.5) is 5.69 Å². The van der Waals surface area contributed by atoms with Crippen molar-refractivity contribution in [2.45, 2.75) is 6.92 Å². The second kappa shape index (κ2) is 8.30. The van der Waals surface area contributed by atoms with Crippen molar-refractivity contribution in [1.29, 1.82) is 0 Å². The van der Waals surface area contributed by atoms with Crippen LogP contribution < -0.4 is 10.7 Å². The number of carbonyl (C=O) groups excluding carboxylic acids is 2. The lowest BCUT2D eigenvalue weighted by molar-refractivity contribution is 0.0956. The van der Waals surface area contributed by atoms with Crippen LogP contribution in [0.5, 0.6) is 0 Å². The fraction of sp³-hybridized carbons (Fsp3) is 0.0909. The number of hydrogen-bond donors (Lipinski definition) is 2. The van der Waals surface area contributed by atoms with Gasteiger partial charge in [0.25, 0.3) is 11.8 Å². The first-order valence-electron chi connectivity index (χ1n) is 9.23. The number of aromatic nitrogens is 2. The molecule has 0 bridgehead atoms. The third-order valence-corrected chi connectivity index (χ3v) is 5.61. The van der Waals surface area contributed by atoms with Gasteiger partial charge in [-0.3, -0.25) is 14.3 Å². The van der Waals surface area contributed by atoms with Crippen LogP contribution in [-0.4, -0.2) is 27.3 Å². The van der Waals surface area contributed by atoms with E-state index in [0.29, 0.717) is 22.7 Å². The smallest absolute Gasteiger partial charge is 0.273 e. The Morgan fingerprint density at radius 1 is 1.07 bits per heavy atom. The van der Waals surface area contributed by atoms with Crippen LogP contribution in [0.15, 0.2) is 71.3 Å². The first-order chi connectivity index (χ1) is 14.5. The van der Waals surface area contributed by atoms with Crippen LogP contribution in [0.25, 0.3) is 10.1 Å². The van der Waals surface area contributed by atoms with Crippen molar-refractivity contribution < 1.29 is 9.59 Å². The standard InChI is InChI=1S/C22H19N5O2S/c1-14(25-26-21(28)18-13-30-20-9-4-3-8-17(18)20)15-6-5-7-16(12-15)24-22(29)19-10-11-23-27(19)2/h3-13H,1-2H3,(H,24,29)(H,26,28)/b25-14+. The number of rotatable bonds is 5. The Morgan fingerprint density at radius 2 is 1.90 bits per heavy atom. The number of thiophene rings is 1. The first kappa shape index (κ1) is 19.5. The second-order valence-corrected chi connectivity index (χ2v) is 7.57. The quantitative estimate of drug-likeness (QED) is 0.379. The minimum Gasteiger partial charge on any atom is -0.321 e. The summed E-state index contributed by atoms with van der Waals surface area (Å²) in [5, 5.41) is 13.8. The Balaban J connectivity index is 1.48. The van der Waals surface area contributed by atoms with E-state index in [2.05, 4.69) is 20.9 Å². The number of aryl methyl sites for hydroxylation is 1. The maximum absolute atomic E-state index is 12.6. The van der Waals surface area contributed by atoms with E-state index in [4.69, 9.17) is 0 Å². The van der Waals surface area contributed by atoms with Gasteiger partial charge in [0.1, 0.15) is 5.69 Å². The number of nitrogens with zero attached hydrogens (tertiary/aromatic N) is 3. The first-order valence-corrected chi connectivity index (χ1v) is 10.1. The second-order valence-electron chi connectivity index (χ2n) is 6.66. The van der Waals surface area contributed by atoms with Gasteiger partial charge in [0.05, 0.1) is 11.3 Å². The molecule has 150 valence electrons. The monoisotopic (exact) mass is 417 g/mol. The maximum atomic E-state index is 12.6. The molecule has 2 aromatic carbocycles. The molecule has 0 atom stereocenters. The summed E-state index contributed by atoms with van der Waals surface area (Å²) in [5.41, 5.74) is 5.72. The van der Waals surface area contributed by atoms with Gasteiger partial charge in [-0.2, -0.15) is 10.2 Å². The zero-order valence-electron chi connectivity index (χ0n) is 16.4. The van der Waals surface area contributed by atoms with Crippen molar-refractivity contribution in [3.8, 4) is 0 Å². The summed E-state index contributed by atoms with van der Waals surface area (Å²) >= 11 is 1.52. The summed E-state index contributed by atoms with van der Waals surface area (Å²) < 4.78 is 2.57. The zero-order valence-corrected chi connectivity index (χ0v) is 17.2. The Hall–Kier alpha value is -3.78. The lowest BCUT2D eigenvalue weighted by Gasteiger charge is -2.08. The molecule has 0 fully saturated rings. The maximum Gasteiger partial charge on any atom is 0.273 e. The van der Waals surface area contributed by atoms with Crippen molar-refractivity contribution in [2.75, 3.05) is 5.32 Å². The molecule has 30 heavy (non-hydrogen) atoms. The van der Waals surface area contributed by atoms with E-state index in [1.54, 1.807) is 38.4 Å².